The summed E-state index contributed by atoms with van der Waals surface area (Å²) in [4.78, 5) is 2.83. The largest absolute Gasteiger partial charge is 0.330 e. The van der Waals surface area contributed by atoms with Gasteiger partial charge in [-0.3, -0.25) is 4.90 Å². The van der Waals surface area contributed by atoms with Crippen molar-refractivity contribution in [3.8, 4) is 0 Å². The molecule has 2 N–H and O–H groups in total. The standard InChI is InChI=1S/C13H26N2/c14-10-5-9-13-8-3-4-11-15(13)12-6-1-2-7-12/h12-13H,1-11,14H2. The van der Waals surface area contributed by atoms with Gasteiger partial charge >= 0.3 is 0 Å². The van der Waals surface area contributed by atoms with Crippen LogP contribution in [0, 0.1) is 0 Å². The molecule has 1 saturated carbocycles. The number of rotatable bonds is 4. The topological polar surface area (TPSA) is 29.3 Å². The van der Waals surface area contributed by atoms with Gasteiger partial charge in [0.1, 0.15) is 0 Å². The Hall–Kier alpha value is -0.0800. The lowest BCUT2D eigenvalue weighted by molar-refractivity contribution is 0.0902. The molecular weight excluding hydrogens is 184 g/mol. The number of hydrogen-bond acceptors (Lipinski definition) is 2. The summed E-state index contributed by atoms with van der Waals surface area (Å²) in [6.07, 6.45) is 12.7. The fraction of sp³-hybridized carbons (Fsp3) is 1.00. The molecule has 1 aliphatic carbocycles. The molecule has 0 aromatic carbocycles. The maximum absolute atomic E-state index is 5.63. The molecule has 1 unspecified atom stereocenters. The van der Waals surface area contributed by atoms with Gasteiger partial charge < -0.3 is 5.73 Å². The van der Waals surface area contributed by atoms with Crippen molar-refractivity contribution in [2.45, 2.75) is 69.9 Å². The zero-order valence-electron chi connectivity index (χ0n) is 9.96. The highest BCUT2D eigenvalue weighted by Gasteiger charge is 2.29. The molecule has 15 heavy (non-hydrogen) atoms. The maximum atomic E-state index is 5.63. The van der Waals surface area contributed by atoms with Gasteiger partial charge in [0.15, 0.2) is 0 Å². The van der Waals surface area contributed by atoms with E-state index in [4.69, 9.17) is 5.73 Å². The fourth-order valence-electron chi connectivity index (χ4n) is 3.40. The molecule has 0 radical (unpaired) electrons. The maximum Gasteiger partial charge on any atom is 0.00986 e. The molecule has 2 aliphatic rings. The van der Waals surface area contributed by atoms with Crippen LogP contribution in [0.5, 0.6) is 0 Å². The first-order chi connectivity index (χ1) is 7.42. The van der Waals surface area contributed by atoms with Gasteiger partial charge in [-0.05, 0) is 51.6 Å². The molecule has 0 aromatic rings. The third-order valence-corrected chi connectivity index (χ3v) is 4.21. The highest BCUT2D eigenvalue weighted by molar-refractivity contribution is 4.85. The molecule has 0 amide bonds. The monoisotopic (exact) mass is 210 g/mol. The highest BCUT2D eigenvalue weighted by Crippen LogP contribution is 2.30. The van der Waals surface area contributed by atoms with Crippen molar-refractivity contribution in [1.29, 1.82) is 0 Å². The van der Waals surface area contributed by atoms with Gasteiger partial charge in [-0.1, -0.05) is 19.3 Å². The Morgan fingerprint density at radius 1 is 1.00 bits per heavy atom. The zero-order valence-corrected chi connectivity index (χ0v) is 9.96. The predicted octanol–water partition coefficient (Wildman–Crippen LogP) is 2.52. The summed E-state index contributed by atoms with van der Waals surface area (Å²) < 4.78 is 0. The van der Waals surface area contributed by atoms with E-state index < -0.39 is 0 Å². The van der Waals surface area contributed by atoms with E-state index in [1.165, 1.54) is 64.3 Å². The lowest BCUT2D eigenvalue weighted by Crippen LogP contribution is -2.45. The van der Waals surface area contributed by atoms with Gasteiger partial charge in [-0.25, -0.2) is 0 Å². The Kier molecular flexibility index (Phi) is 4.45. The Bertz CT molecular complexity index is 175. The molecule has 1 saturated heterocycles. The van der Waals surface area contributed by atoms with Crippen LogP contribution in [0.2, 0.25) is 0 Å². The lowest BCUT2D eigenvalue weighted by Gasteiger charge is -2.40. The summed E-state index contributed by atoms with van der Waals surface area (Å²) >= 11 is 0. The molecule has 2 rings (SSSR count). The Labute approximate surface area is 94.2 Å². The molecule has 2 heteroatoms. The van der Waals surface area contributed by atoms with Crippen molar-refractivity contribution in [1.82, 2.24) is 4.90 Å². The first-order valence-electron chi connectivity index (χ1n) is 6.87. The summed E-state index contributed by atoms with van der Waals surface area (Å²) in [5.74, 6) is 0. The third-order valence-electron chi connectivity index (χ3n) is 4.21. The van der Waals surface area contributed by atoms with Crippen molar-refractivity contribution in [3.63, 3.8) is 0 Å². The van der Waals surface area contributed by atoms with Crippen LogP contribution in [0.3, 0.4) is 0 Å². The third kappa shape index (κ3) is 2.94. The number of likely N-dealkylation sites (tertiary alicyclic amines) is 1. The second-order valence-electron chi connectivity index (χ2n) is 5.26. The second kappa shape index (κ2) is 5.86. The van der Waals surface area contributed by atoms with E-state index in [1.807, 2.05) is 0 Å². The average Bonchev–Trinajstić information content (AvgIpc) is 2.80. The molecule has 0 bridgehead atoms. The number of nitrogens with two attached hydrogens (primary N) is 1. The minimum atomic E-state index is 0.866. The fourth-order valence-corrected chi connectivity index (χ4v) is 3.40. The number of nitrogens with zero attached hydrogens (tertiary/aromatic N) is 1. The van der Waals surface area contributed by atoms with Crippen LogP contribution in [-0.4, -0.2) is 30.1 Å². The SMILES string of the molecule is NCCCC1CCCCN1C1CCCC1. The minimum absolute atomic E-state index is 0.866. The summed E-state index contributed by atoms with van der Waals surface area (Å²) in [5.41, 5.74) is 5.63. The summed E-state index contributed by atoms with van der Waals surface area (Å²) in [6, 6.07) is 1.79. The molecule has 2 nitrogen and oxygen atoms in total. The first kappa shape index (κ1) is 11.4. The lowest BCUT2D eigenvalue weighted by atomic mass is 9.95. The van der Waals surface area contributed by atoms with Gasteiger partial charge in [0, 0.05) is 12.1 Å². The van der Waals surface area contributed by atoms with E-state index in [0.29, 0.717) is 0 Å². The summed E-state index contributed by atoms with van der Waals surface area (Å²) in [5, 5.41) is 0. The van der Waals surface area contributed by atoms with Crippen molar-refractivity contribution in [2.75, 3.05) is 13.1 Å². The van der Waals surface area contributed by atoms with Gasteiger partial charge in [-0.2, -0.15) is 0 Å². The average molecular weight is 210 g/mol. The Balaban J connectivity index is 1.86. The number of hydrogen-bond donors (Lipinski definition) is 1. The molecule has 1 heterocycles. The number of piperidine rings is 1. The van der Waals surface area contributed by atoms with Gasteiger partial charge in [-0.15, -0.1) is 0 Å². The predicted molar refractivity (Wildman–Crippen MR) is 64.9 cm³/mol. The van der Waals surface area contributed by atoms with Crippen LogP contribution in [0.1, 0.15) is 57.8 Å². The van der Waals surface area contributed by atoms with Crippen molar-refractivity contribution in [2.24, 2.45) is 5.73 Å². The van der Waals surface area contributed by atoms with E-state index in [1.54, 1.807) is 0 Å². The minimum Gasteiger partial charge on any atom is -0.330 e. The Morgan fingerprint density at radius 3 is 2.47 bits per heavy atom. The van der Waals surface area contributed by atoms with Crippen LogP contribution in [0.15, 0.2) is 0 Å². The molecular formula is C13H26N2. The van der Waals surface area contributed by atoms with Crippen LogP contribution < -0.4 is 5.73 Å². The zero-order chi connectivity index (χ0) is 10.5. The molecule has 1 aliphatic heterocycles. The summed E-state index contributed by atoms with van der Waals surface area (Å²) in [6.45, 7) is 2.23. The first-order valence-corrected chi connectivity index (χ1v) is 6.87. The normalized spacial score (nSPS) is 29.8. The van der Waals surface area contributed by atoms with Crippen molar-refractivity contribution < 1.29 is 0 Å². The summed E-state index contributed by atoms with van der Waals surface area (Å²) in [7, 11) is 0. The second-order valence-corrected chi connectivity index (χ2v) is 5.26. The van der Waals surface area contributed by atoms with Crippen LogP contribution in [0.25, 0.3) is 0 Å². The van der Waals surface area contributed by atoms with Crippen LogP contribution >= 0.6 is 0 Å². The van der Waals surface area contributed by atoms with Crippen molar-refractivity contribution >= 4 is 0 Å². The van der Waals surface area contributed by atoms with Gasteiger partial charge in [0.2, 0.25) is 0 Å². The molecule has 2 fully saturated rings. The van der Waals surface area contributed by atoms with Gasteiger partial charge in [0.25, 0.3) is 0 Å². The van der Waals surface area contributed by atoms with E-state index >= 15 is 0 Å². The van der Waals surface area contributed by atoms with Crippen LogP contribution in [0.4, 0.5) is 0 Å². The quantitative estimate of drug-likeness (QED) is 0.772. The van der Waals surface area contributed by atoms with E-state index in [-0.39, 0.29) is 0 Å². The highest BCUT2D eigenvalue weighted by atomic mass is 15.2. The van der Waals surface area contributed by atoms with E-state index in [9.17, 15) is 0 Å². The molecule has 1 atom stereocenters. The Morgan fingerprint density at radius 2 is 1.73 bits per heavy atom. The molecule has 88 valence electrons. The van der Waals surface area contributed by atoms with Gasteiger partial charge in [0.05, 0.1) is 0 Å². The van der Waals surface area contributed by atoms with E-state index in [0.717, 1.165) is 18.6 Å². The molecule has 0 aromatic heterocycles. The van der Waals surface area contributed by atoms with Crippen molar-refractivity contribution in [3.05, 3.63) is 0 Å². The smallest absolute Gasteiger partial charge is 0.00986 e. The van der Waals surface area contributed by atoms with Crippen LogP contribution in [-0.2, 0) is 0 Å². The molecule has 0 spiro atoms. The van der Waals surface area contributed by atoms with E-state index in [2.05, 4.69) is 4.90 Å².